The molecule has 0 amide bonds. The molecule has 2 rings (SSSR count). The van der Waals surface area contributed by atoms with Gasteiger partial charge >= 0.3 is 0 Å². The first-order valence-electron chi connectivity index (χ1n) is 5.22. The van der Waals surface area contributed by atoms with Gasteiger partial charge in [-0.15, -0.1) is 11.3 Å². The van der Waals surface area contributed by atoms with Crippen molar-refractivity contribution in [3.63, 3.8) is 0 Å². The highest BCUT2D eigenvalue weighted by Crippen LogP contribution is 2.34. The topological polar surface area (TPSA) is 33.1 Å². The van der Waals surface area contributed by atoms with Gasteiger partial charge in [0.2, 0.25) is 0 Å². The highest BCUT2D eigenvalue weighted by atomic mass is 32.1. The summed E-state index contributed by atoms with van der Waals surface area (Å²) in [5.41, 5.74) is 1.97. The molecule has 3 heteroatoms. The Hall–Kier alpha value is -1.19. The van der Waals surface area contributed by atoms with E-state index in [-0.39, 0.29) is 0 Å². The van der Waals surface area contributed by atoms with Crippen molar-refractivity contribution >= 4 is 11.3 Å². The quantitative estimate of drug-likeness (QED) is 0.865. The lowest BCUT2D eigenvalue weighted by Gasteiger charge is -2.23. The van der Waals surface area contributed by atoms with Crippen molar-refractivity contribution in [2.24, 2.45) is 0 Å². The summed E-state index contributed by atoms with van der Waals surface area (Å²) in [4.78, 5) is 5.21. The van der Waals surface area contributed by atoms with Crippen LogP contribution in [0.1, 0.15) is 28.6 Å². The van der Waals surface area contributed by atoms with Crippen molar-refractivity contribution in [1.82, 2.24) is 4.98 Å². The third kappa shape index (κ3) is 1.88. The van der Waals surface area contributed by atoms with E-state index >= 15 is 0 Å². The largest absolute Gasteiger partial charge is 0.380 e. The molecular weight excluding hydrogens is 218 g/mol. The van der Waals surface area contributed by atoms with E-state index in [1.165, 1.54) is 0 Å². The normalized spacial score (nSPS) is 14.8. The van der Waals surface area contributed by atoms with Gasteiger partial charge in [-0.25, -0.2) is 0 Å². The Morgan fingerprint density at radius 3 is 2.50 bits per heavy atom. The van der Waals surface area contributed by atoms with Crippen LogP contribution in [0, 0.1) is 13.8 Å². The van der Waals surface area contributed by atoms with Crippen LogP contribution in [0.15, 0.2) is 29.8 Å². The molecule has 1 N–H and O–H groups in total. The predicted octanol–water partition coefficient (Wildman–Crippen LogP) is 3.02. The molecule has 0 spiro atoms. The first kappa shape index (κ1) is 11.3. The van der Waals surface area contributed by atoms with Crippen molar-refractivity contribution in [2.45, 2.75) is 26.4 Å². The summed E-state index contributed by atoms with van der Waals surface area (Å²) in [5, 5.41) is 12.6. The zero-order valence-corrected chi connectivity index (χ0v) is 10.5. The second-order valence-electron chi connectivity index (χ2n) is 4.19. The Morgan fingerprint density at radius 1 is 1.25 bits per heavy atom. The first-order valence-corrected chi connectivity index (χ1v) is 6.10. The number of pyridine rings is 1. The number of nitrogens with zero attached hydrogens (tertiary/aromatic N) is 1. The zero-order valence-electron chi connectivity index (χ0n) is 9.69. The van der Waals surface area contributed by atoms with Crippen LogP contribution in [-0.2, 0) is 5.60 Å². The molecule has 84 valence electrons. The number of thiophene rings is 1. The van der Waals surface area contributed by atoms with E-state index < -0.39 is 5.60 Å². The van der Waals surface area contributed by atoms with Gasteiger partial charge in [-0.2, -0.15) is 0 Å². The lowest BCUT2D eigenvalue weighted by molar-refractivity contribution is 0.105. The Kier molecular flexibility index (Phi) is 2.82. The molecule has 0 radical (unpaired) electrons. The molecule has 0 aliphatic heterocycles. The second kappa shape index (κ2) is 4.00. The van der Waals surface area contributed by atoms with E-state index in [1.807, 2.05) is 44.4 Å². The number of aromatic nitrogens is 1. The SMILES string of the molecule is Cc1ccc(C(C)(O)c2sccc2C)cn1. The monoisotopic (exact) mass is 233 g/mol. The summed E-state index contributed by atoms with van der Waals surface area (Å²) < 4.78 is 0. The van der Waals surface area contributed by atoms with Gasteiger partial charge in [0.15, 0.2) is 0 Å². The average molecular weight is 233 g/mol. The Morgan fingerprint density at radius 2 is 2.00 bits per heavy atom. The van der Waals surface area contributed by atoms with Crippen LogP contribution in [0.2, 0.25) is 0 Å². The highest BCUT2D eigenvalue weighted by molar-refractivity contribution is 7.10. The smallest absolute Gasteiger partial charge is 0.123 e. The number of aryl methyl sites for hydroxylation is 2. The van der Waals surface area contributed by atoms with E-state index in [0.717, 1.165) is 21.7 Å². The molecule has 0 aliphatic rings. The van der Waals surface area contributed by atoms with Crippen LogP contribution in [-0.4, -0.2) is 10.1 Å². The minimum Gasteiger partial charge on any atom is -0.380 e. The second-order valence-corrected chi connectivity index (χ2v) is 5.11. The van der Waals surface area contributed by atoms with Crippen LogP contribution in [0.25, 0.3) is 0 Å². The van der Waals surface area contributed by atoms with Crippen molar-refractivity contribution in [3.8, 4) is 0 Å². The number of aliphatic hydroxyl groups is 1. The Labute approximate surface area is 99.6 Å². The third-order valence-electron chi connectivity index (χ3n) is 2.78. The summed E-state index contributed by atoms with van der Waals surface area (Å²) in [6.07, 6.45) is 1.74. The summed E-state index contributed by atoms with van der Waals surface area (Å²) in [6.45, 7) is 5.77. The maximum atomic E-state index is 10.6. The lowest BCUT2D eigenvalue weighted by Crippen LogP contribution is -2.22. The molecule has 2 heterocycles. The van der Waals surface area contributed by atoms with Crippen LogP contribution in [0.4, 0.5) is 0 Å². The lowest BCUT2D eigenvalue weighted by atomic mass is 9.93. The fourth-order valence-corrected chi connectivity index (χ4v) is 2.77. The summed E-state index contributed by atoms with van der Waals surface area (Å²) in [6, 6.07) is 5.88. The average Bonchev–Trinajstić information content (AvgIpc) is 2.66. The molecule has 0 fully saturated rings. The molecule has 1 atom stereocenters. The summed E-state index contributed by atoms with van der Waals surface area (Å²) in [7, 11) is 0. The first-order chi connectivity index (χ1) is 7.51. The van der Waals surface area contributed by atoms with Crippen molar-refractivity contribution in [2.75, 3.05) is 0 Å². The van der Waals surface area contributed by atoms with Gasteiger partial charge in [0.1, 0.15) is 5.60 Å². The Balaban J connectivity index is 2.46. The summed E-state index contributed by atoms with van der Waals surface area (Å²) >= 11 is 1.58. The molecule has 0 saturated carbocycles. The van der Waals surface area contributed by atoms with Crippen molar-refractivity contribution in [3.05, 3.63) is 51.5 Å². The molecule has 0 aliphatic carbocycles. The molecule has 2 aromatic heterocycles. The van der Waals surface area contributed by atoms with E-state index in [4.69, 9.17) is 0 Å². The predicted molar refractivity (Wildman–Crippen MR) is 66.7 cm³/mol. The standard InChI is InChI=1S/C13H15NOS/c1-9-6-7-16-12(9)13(3,15)11-5-4-10(2)14-8-11/h4-8,15H,1-3H3. The molecule has 0 bridgehead atoms. The molecule has 16 heavy (non-hydrogen) atoms. The van der Waals surface area contributed by atoms with E-state index in [2.05, 4.69) is 4.98 Å². The van der Waals surface area contributed by atoms with Crippen LogP contribution in [0.5, 0.6) is 0 Å². The van der Waals surface area contributed by atoms with Gasteiger partial charge in [0.25, 0.3) is 0 Å². The molecule has 0 aromatic carbocycles. The van der Waals surface area contributed by atoms with E-state index in [9.17, 15) is 5.11 Å². The van der Waals surface area contributed by atoms with E-state index in [0.29, 0.717) is 0 Å². The van der Waals surface area contributed by atoms with Gasteiger partial charge < -0.3 is 5.11 Å². The minimum atomic E-state index is -0.945. The molecule has 1 unspecified atom stereocenters. The van der Waals surface area contributed by atoms with Crippen LogP contribution < -0.4 is 0 Å². The van der Waals surface area contributed by atoms with Crippen LogP contribution in [0.3, 0.4) is 0 Å². The number of hydrogen-bond donors (Lipinski definition) is 1. The molecule has 0 saturated heterocycles. The summed E-state index contributed by atoms with van der Waals surface area (Å²) in [5.74, 6) is 0. The maximum absolute atomic E-state index is 10.6. The number of hydrogen-bond acceptors (Lipinski definition) is 3. The Bertz CT molecular complexity index is 485. The van der Waals surface area contributed by atoms with Crippen LogP contribution >= 0.6 is 11.3 Å². The number of rotatable bonds is 2. The zero-order chi connectivity index (χ0) is 11.8. The molecule has 2 aromatic rings. The molecular formula is C13H15NOS. The maximum Gasteiger partial charge on any atom is 0.123 e. The fraction of sp³-hybridized carbons (Fsp3) is 0.308. The third-order valence-corrected chi connectivity index (χ3v) is 4.01. The van der Waals surface area contributed by atoms with Gasteiger partial charge in [0, 0.05) is 22.3 Å². The van der Waals surface area contributed by atoms with Gasteiger partial charge in [-0.1, -0.05) is 6.07 Å². The highest BCUT2D eigenvalue weighted by Gasteiger charge is 2.28. The molecule has 2 nitrogen and oxygen atoms in total. The van der Waals surface area contributed by atoms with Gasteiger partial charge in [0.05, 0.1) is 0 Å². The van der Waals surface area contributed by atoms with Crippen molar-refractivity contribution < 1.29 is 5.11 Å². The van der Waals surface area contributed by atoms with Crippen molar-refractivity contribution in [1.29, 1.82) is 0 Å². The minimum absolute atomic E-state index is 0.837. The van der Waals surface area contributed by atoms with Gasteiger partial charge in [-0.3, -0.25) is 4.98 Å². The van der Waals surface area contributed by atoms with E-state index in [1.54, 1.807) is 17.5 Å². The fourth-order valence-electron chi connectivity index (χ4n) is 1.76. The van der Waals surface area contributed by atoms with Gasteiger partial charge in [-0.05, 0) is 43.8 Å².